The number of anilines is 1. The third kappa shape index (κ3) is 2.02. The van der Waals surface area contributed by atoms with E-state index in [1.54, 1.807) is 6.92 Å². The first kappa shape index (κ1) is 11.0. The van der Waals surface area contributed by atoms with Gasteiger partial charge in [-0.05, 0) is 31.5 Å². The predicted molar refractivity (Wildman–Crippen MR) is 65.1 cm³/mol. The first-order chi connectivity index (χ1) is 7.58. The molecular weight excluding hydrogens is 202 g/mol. The second kappa shape index (κ2) is 4.14. The molecule has 1 heterocycles. The lowest BCUT2D eigenvalue weighted by Crippen LogP contribution is -2.05. The van der Waals surface area contributed by atoms with Crippen LogP contribution in [-0.2, 0) is 13.5 Å². The molecule has 1 unspecified atom stereocenters. The Balaban J connectivity index is 2.36. The van der Waals surface area contributed by atoms with E-state index in [4.69, 9.17) is 5.73 Å². The number of nitrogen functional groups attached to an aromatic ring is 1. The van der Waals surface area contributed by atoms with Gasteiger partial charge in [0.05, 0.1) is 17.1 Å². The SMILES string of the molecule is CC(O)CCc1nc2cc(N)ccc2n1C. The van der Waals surface area contributed by atoms with E-state index in [0.29, 0.717) is 0 Å². The van der Waals surface area contributed by atoms with Gasteiger partial charge in [0, 0.05) is 19.2 Å². The van der Waals surface area contributed by atoms with Crippen LogP contribution in [0.15, 0.2) is 18.2 Å². The Morgan fingerprint density at radius 2 is 2.25 bits per heavy atom. The molecule has 0 radical (unpaired) electrons. The molecule has 2 rings (SSSR count). The van der Waals surface area contributed by atoms with Crippen LogP contribution in [0.1, 0.15) is 19.2 Å². The predicted octanol–water partition coefficient (Wildman–Crippen LogP) is 1.47. The number of aryl methyl sites for hydroxylation is 2. The smallest absolute Gasteiger partial charge is 0.109 e. The van der Waals surface area contributed by atoms with Gasteiger partial charge in [0.25, 0.3) is 0 Å². The van der Waals surface area contributed by atoms with Crippen molar-refractivity contribution >= 4 is 16.7 Å². The molecule has 0 bridgehead atoms. The number of imidazole rings is 1. The van der Waals surface area contributed by atoms with Gasteiger partial charge in [-0.2, -0.15) is 0 Å². The van der Waals surface area contributed by atoms with Gasteiger partial charge in [0.15, 0.2) is 0 Å². The summed E-state index contributed by atoms with van der Waals surface area (Å²) in [7, 11) is 1.99. The molecule has 0 aliphatic carbocycles. The number of benzene rings is 1. The van der Waals surface area contributed by atoms with Crippen LogP contribution in [-0.4, -0.2) is 20.8 Å². The minimum Gasteiger partial charge on any atom is -0.399 e. The lowest BCUT2D eigenvalue weighted by Gasteiger charge is -2.04. The standard InChI is InChI=1S/C12H17N3O/c1-8(16)3-6-12-14-10-7-9(13)4-5-11(10)15(12)2/h4-5,7-8,16H,3,6,13H2,1-2H3. The summed E-state index contributed by atoms with van der Waals surface area (Å²) in [6.45, 7) is 1.79. The zero-order valence-corrected chi connectivity index (χ0v) is 9.64. The van der Waals surface area contributed by atoms with Crippen molar-refractivity contribution in [2.75, 3.05) is 5.73 Å². The van der Waals surface area contributed by atoms with Gasteiger partial charge in [-0.1, -0.05) is 0 Å². The fourth-order valence-corrected chi connectivity index (χ4v) is 1.83. The normalized spacial score (nSPS) is 13.2. The Morgan fingerprint density at radius 3 is 2.94 bits per heavy atom. The summed E-state index contributed by atoms with van der Waals surface area (Å²) >= 11 is 0. The molecule has 4 nitrogen and oxygen atoms in total. The number of aliphatic hydroxyl groups excluding tert-OH is 1. The van der Waals surface area contributed by atoms with Crippen molar-refractivity contribution < 1.29 is 5.11 Å². The highest BCUT2D eigenvalue weighted by Gasteiger charge is 2.08. The largest absolute Gasteiger partial charge is 0.399 e. The topological polar surface area (TPSA) is 64.1 Å². The van der Waals surface area contributed by atoms with Crippen molar-refractivity contribution in [2.45, 2.75) is 25.9 Å². The second-order valence-corrected chi connectivity index (χ2v) is 4.22. The molecule has 0 amide bonds. The molecule has 3 N–H and O–H groups in total. The Hall–Kier alpha value is -1.55. The Kier molecular flexibility index (Phi) is 2.83. The van der Waals surface area contributed by atoms with Crippen LogP contribution in [0, 0.1) is 0 Å². The summed E-state index contributed by atoms with van der Waals surface area (Å²) in [5, 5.41) is 9.27. The van der Waals surface area contributed by atoms with Gasteiger partial charge in [0.1, 0.15) is 5.82 Å². The van der Waals surface area contributed by atoms with Gasteiger partial charge in [-0.3, -0.25) is 0 Å². The average molecular weight is 219 g/mol. The van der Waals surface area contributed by atoms with Crippen LogP contribution in [0.4, 0.5) is 5.69 Å². The molecule has 0 spiro atoms. The Morgan fingerprint density at radius 1 is 1.50 bits per heavy atom. The number of fused-ring (bicyclic) bond motifs is 1. The van der Waals surface area contributed by atoms with E-state index < -0.39 is 0 Å². The van der Waals surface area contributed by atoms with Crippen LogP contribution in [0.2, 0.25) is 0 Å². The summed E-state index contributed by atoms with van der Waals surface area (Å²) < 4.78 is 2.05. The average Bonchev–Trinajstić information content (AvgIpc) is 2.52. The van der Waals surface area contributed by atoms with Crippen LogP contribution >= 0.6 is 0 Å². The summed E-state index contributed by atoms with van der Waals surface area (Å²) in [5.41, 5.74) is 8.44. The fourth-order valence-electron chi connectivity index (χ4n) is 1.83. The summed E-state index contributed by atoms with van der Waals surface area (Å²) in [4.78, 5) is 4.52. The first-order valence-corrected chi connectivity index (χ1v) is 5.47. The zero-order chi connectivity index (χ0) is 11.7. The van der Waals surface area contributed by atoms with Crippen LogP contribution in [0.25, 0.3) is 11.0 Å². The summed E-state index contributed by atoms with van der Waals surface area (Å²) in [6.07, 6.45) is 1.22. The highest BCUT2D eigenvalue weighted by molar-refractivity contribution is 5.79. The maximum absolute atomic E-state index is 9.27. The van der Waals surface area contributed by atoms with Crippen molar-refractivity contribution in [1.29, 1.82) is 0 Å². The summed E-state index contributed by atoms with van der Waals surface area (Å²) in [6, 6.07) is 5.73. The molecule has 1 aromatic heterocycles. The van der Waals surface area contributed by atoms with Gasteiger partial charge in [-0.25, -0.2) is 4.98 Å². The molecule has 1 atom stereocenters. The number of nitrogens with two attached hydrogens (primary N) is 1. The minimum atomic E-state index is -0.287. The van der Waals surface area contributed by atoms with E-state index in [-0.39, 0.29) is 6.10 Å². The van der Waals surface area contributed by atoms with Crippen LogP contribution in [0.3, 0.4) is 0 Å². The lowest BCUT2D eigenvalue weighted by molar-refractivity contribution is 0.184. The van der Waals surface area contributed by atoms with Gasteiger partial charge >= 0.3 is 0 Å². The molecule has 0 saturated heterocycles. The number of aliphatic hydroxyl groups is 1. The number of nitrogens with zero attached hydrogens (tertiary/aromatic N) is 2. The van der Waals surface area contributed by atoms with Gasteiger partial charge in [-0.15, -0.1) is 0 Å². The molecule has 0 aliphatic rings. The van der Waals surface area contributed by atoms with E-state index in [1.807, 2.05) is 25.2 Å². The number of hydrogen-bond donors (Lipinski definition) is 2. The molecule has 0 saturated carbocycles. The Labute approximate surface area is 94.7 Å². The quantitative estimate of drug-likeness (QED) is 0.768. The molecule has 1 aromatic carbocycles. The monoisotopic (exact) mass is 219 g/mol. The highest BCUT2D eigenvalue weighted by Crippen LogP contribution is 2.18. The van der Waals surface area contributed by atoms with Crippen molar-refractivity contribution in [3.05, 3.63) is 24.0 Å². The van der Waals surface area contributed by atoms with E-state index >= 15 is 0 Å². The third-order valence-corrected chi connectivity index (χ3v) is 2.78. The van der Waals surface area contributed by atoms with E-state index in [1.165, 1.54) is 0 Å². The van der Waals surface area contributed by atoms with Crippen LogP contribution < -0.4 is 5.73 Å². The first-order valence-electron chi connectivity index (χ1n) is 5.47. The molecule has 86 valence electrons. The number of hydrogen-bond acceptors (Lipinski definition) is 3. The molecule has 4 heteroatoms. The minimum absolute atomic E-state index is 0.287. The molecule has 16 heavy (non-hydrogen) atoms. The number of aromatic nitrogens is 2. The zero-order valence-electron chi connectivity index (χ0n) is 9.64. The van der Waals surface area contributed by atoms with Crippen molar-refractivity contribution in [1.82, 2.24) is 9.55 Å². The maximum Gasteiger partial charge on any atom is 0.109 e. The van der Waals surface area contributed by atoms with Crippen molar-refractivity contribution in [2.24, 2.45) is 7.05 Å². The van der Waals surface area contributed by atoms with Gasteiger partial charge < -0.3 is 15.4 Å². The molecule has 0 aliphatic heterocycles. The summed E-state index contributed by atoms with van der Waals surface area (Å²) in [5.74, 6) is 0.988. The van der Waals surface area contributed by atoms with Crippen molar-refractivity contribution in [3.8, 4) is 0 Å². The van der Waals surface area contributed by atoms with Crippen molar-refractivity contribution in [3.63, 3.8) is 0 Å². The Bertz CT molecular complexity index is 502. The van der Waals surface area contributed by atoms with E-state index in [2.05, 4.69) is 9.55 Å². The number of rotatable bonds is 3. The fraction of sp³-hybridized carbons (Fsp3) is 0.417. The van der Waals surface area contributed by atoms with E-state index in [0.717, 1.165) is 35.4 Å². The third-order valence-electron chi connectivity index (χ3n) is 2.78. The maximum atomic E-state index is 9.27. The van der Waals surface area contributed by atoms with Crippen LogP contribution in [0.5, 0.6) is 0 Å². The molecular formula is C12H17N3O. The second-order valence-electron chi connectivity index (χ2n) is 4.22. The van der Waals surface area contributed by atoms with Gasteiger partial charge in [0.2, 0.25) is 0 Å². The molecule has 0 fully saturated rings. The molecule has 2 aromatic rings. The van der Waals surface area contributed by atoms with E-state index in [9.17, 15) is 5.11 Å². The lowest BCUT2D eigenvalue weighted by atomic mass is 10.2. The highest BCUT2D eigenvalue weighted by atomic mass is 16.3.